The molecule has 265 valence electrons. The molecule has 0 spiro atoms. The normalized spacial score (nSPS) is 12.5. The Balaban J connectivity index is 0.000000301. The van der Waals surface area contributed by atoms with E-state index < -0.39 is 0 Å². The maximum Gasteiger partial charge on any atom is 0.164 e. The first-order valence-electron chi connectivity index (χ1n) is 17.8. The second-order valence-electron chi connectivity index (χ2n) is 15.4. The summed E-state index contributed by atoms with van der Waals surface area (Å²) >= 11 is 0. The summed E-state index contributed by atoms with van der Waals surface area (Å²) in [5.41, 5.74) is 5.57. The van der Waals surface area contributed by atoms with Gasteiger partial charge in [-0.3, -0.25) is 9.78 Å². The van der Waals surface area contributed by atoms with Crippen LogP contribution in [0.25, 0.3) is 54.7 Å². The Morgan fingerprint density at radius 1 is 0.860 bits per heavy atom. The van der Waals surface area contributed by atoms with Crippen LogP contribution in [0.15, 0.2) is 89.2 Å². The minimum atomic E-state index is -0.377. The second-order valence-corrected chi connectivity index (χ2v) is 15.4. The average Bonchev–Trinajstić information content (AvgIpc) is 3.47. The van der Waals surface area contributed by atoms with E-state index in [-0.39, 0.29) is 42.5 Å². The van der Waals surface area contributed by atoms with Crippen LogP contribution in [0.2, 0.25) is 0 Å². The van der Waals surface area contributed by atoms with Crippen LogP contribution in [0.4, 0.5) is 0 Å². The van der Waals surface area contributed by atoms with E-state index in [1.54, 1.807) is 0 Å². The largest absolute Gasteiger partial charge is 0.512 e. The number of aromatic nitrogens is 1. The fourth-order valence-corrected chi connectivity index (χ4v) is 6.12. The first-order valence-corrected chi connectivity index (χ1v) is 17.8. The van der Waals surface area contributed by atoms with E-state index >= 15 is 0 Å². The van der Waals surface area contributed by atoms with Gasteiger partial charge < -0.3 is 9.52 Å². The number of pyridine rings is 1. The van der Waals surface area contributed by atoms with Gasteiger partial charge in [0.25, 0.3) is 0 Å². The topological polar surface area (TPSA) is 63.3 Å². The predicted octanol–water partition coefficient (Wildman–Crippen LogP) is 12.9. The van der Waals surface area contributed by atoms with Gasteiger partial charge in [-0.2, -0.15) is 0 Å². The molecule has 50 heavy (non-hydrogen) atoms. The van der Waals surface area contributed by atoms with Crippen molar-refractivity contribution < 1.29 is 34.4 Å². The number of rotatable bonds is 9. The zero-order valence-corrected chi connectivity index (χ0v) is 33.7. The summed E-state index contributed by atoms with van der Waals surface area (Å²) in [6.07, 6.45) is 5.88. The Morgan fingerprint density at radius 3 is 2.18 bits per heavy atom. The Bertz CT molecular complexity index is 2170. The number of nitrogens with zero attached hydrogens (tertiary/aromatic N) is 1. The Kier molecular flexibility index (Phi) is 12.2. The van der Waals surface area contributed by atoms with Crippen molar-refractivity contribution in [2.45, 2.75) is 94.4 Å². The van der Waals surface area contributed by atoms with E-state index in [9.17, 15) is 9.90 Å². The summed E-state index contributed by atoms with van der Waals surface area (Å²) in [4.78, 5) is 16.6. The van der Waals surface area contributed by atoms with Crippen LogP contribution >= 0.6 is 0 Å². The number of aliphatic hydroxyl groups excluding tert-OH is 1. The number of fused-ring (bicyclic) bond motifs is 6. The number of ketones is 1. The molecule has 1 N–H and O–H groups in total. The van der Waals surface area contributed by atoms with E-state index in [1.807, 2.05) is 47.7 Å². The van der Waals surface area contributed by atoms with Crippen LogP contribution in [-0.4, -0.2) is 15.9 Å². The van der Waals surface area contributed by atoms with Crippen LogP contribution in [0.5, 0.6) is 0 Å². The summed E-state index contributed by atoms with van der Waals surface area (Å²) in [5.74, 6) is 1.13. The van der Waals surface area contributed by atoms with Crippen molar-refractivity contribution in [2.75, 3.05) is 0 Å². The fourth-order valence-electron chi connectivity index (χ4n) is 6.12. The SMILES string of the molecule is CC(C)Cc1cccc2c1oc1c(-c3[c-]c4ccc5ccccc5c4c(C(C)C)c3)nccc12.CCC(C)(C)C(=O)/C=C(\O)C(C)(C)CC.[Ir]. The van der Waals surface area contributed by atoms with Gasteiger partial charge in [0.1, 0.15) is 16.9 Å². The monoisotopic (exact) mass is 847 g/mol. The van der Waals surface area contributed by atoms with E-state index in [2.05, 4.69) is 100 Å². The van der Waals surface area contributed by atoms with Crippen LogP contribution in [0.1, 0.15) is 99.1 Å². The van der Waals surface area contributed by atoms with Gasteiger partial charge in [-0.1, -0.05) is 129 Å². The van der Waals surface area contributed by atoms with Crippen LogP contribution in [0, 0.1) is 22.8 Å². The van der Waals surface area contributed by atoms with Gasteiger partial charge in [-0.05, 0) is 53.5 Å². The molecule has 6 aromatic rings. The number of aliphatic hydroxyl groups is 1. The van der Waals surface area contributed by atoms with Gasteiger partial charge in [0.2, 0.25) is 0 Å². The van der Waals surface area contributed by atoms with Crippen molar-refractivity contribution >= 4 is 49.3 Å². The van der Waals surface area contributed by atoms with Crippen molar-refractivity contribution in [1.29, 1.82) is 0 Å². The summed E-state index contributed by atoms with van der Waals surface area (Å²) in [6.45, 7) is 20.7. The molecule has 0 saturated heterocycles. The minimum Gasteiger partial charge on any atom is -0.512 e. The maximum atomic E-state index is 11.8. The molecule has 0 aliphatic carbocycles. The predicted molar refractivity (Wildman–Crippen MR) is 207 cm³/mol. The first-order chi connectivity index (χ1) is 23.2. The molecule has 0 aliphatic heterocycles. The Hall–Kier alpha value is -3.79. The van der Waals surface area contributed by atoms with E-state index in [0.717, 1.165) is 57.8 Å². The molecule has 0 fully saturated rings. The molecule has 0 bridgehead atoms. The third-order valence-electron chi connectivity index (χ3n) is 10.2. The summed E-state index contributed by atoms with van der Waals surface area (Å²) in [7, 11) is 0. The summed E-state index contributed by atoms with van der Waals surface area (Å²) in [6, 6.07) is 27.5. The van der Waals surface area contributed by atoms with Crippen molar-refractivity contribution in [2.24, 2.45) is 16.7 Å². The number of para-hydroxylation sites is 1. The zero-order chi connectivity index (χ0) is 35.7. The third kappa shape index (κ3) is 7.90. The standard InChI is InChI=1S/C32H28NO.C13H24O2.Ir/c1-19(2)16-23-9-7-11-26-27-14-15-33-30(32(27)34-31(23)26)24-17-22-13-12-21-8-5-6-10-25(21)29(22)28(18-24)20(3)4;1-7-12(3,4)10(14)9-11(15)13(5,6)8-2;/h5-15,18-20H,16H2,1-4H3;9,14H,7-8H2,1-6H3;/q-1;;/b;10-9-;. The summed E-state index contributed by atoms with van der Waals surface area (Å²) in [5, 5.41) is 17.1. The quantitative estimate of drug-likeness (QED) is 0.0681. The molecule has 0 saturated carbocycles. The van der Waals surface area contributed by atoms with E-state index in [4.69, 9.17) is 9.40 Å². The number of carbonyl (C=O) groups is 1. The summed E-state index contributed by atoms with van der Waals surface area (Å²) < 4.78 is 6.57. The zero-order valence-electron chi connectivity index (χ0n) is 31.3. The number of furan rings is 1. The number of carbonyl (C=O) groups excluding carboxylic acids is 1. The minimum absolute atomic E-state index is 0. The number of hydrogen-bond acceptors (Lipinski definition) is 4. The molecule has 0 amide bonds. The maximum absolute atomic E-state index is 11.8. The van der Waals surface area contributed by atoms with Gasteiger partial charge in [-0.25, -0.2) is 0 Å². The molecule has 1 radical (unpaired) electrons. The van der Waals surface area contributed by atoms with Crippen molar-refractivity contribution in [3.05, 3.63) is 102 Å². The van der Waals surface area contributed by atoms with Gasteiger partial charge in [0.15, 0.2) is 5.78 Å². The molecule has 2 heterocycles. The molecule has 4 nitrogen and oxygen atoms in total. The average molecular weight is 847 g/mol. The van der Waals surface area contributed by atoms with E-state index in [0.29, 0.717) is 11.8 Å². The molecule has 6 rings (SSSR count). The molecule has 2 aromatic heterocycles. The third-order valence-corrected chi connectivity index (χ3v) is 10.2. The number of hydrogen-bond donors (Lipinski definition) is 1. The fraction of sp³-hybridized carbons (Fsp3) is 0.378. The van der Waals surface area contributed by atoms with Gasteiger partial charge in [0.05, 0.1) is 0 Å². The van der Waals surface area contributed by atoms with Crippen molar-refractivity contribution in [3.8, 4) is 11.3 Å². The molecule has 0 atom stereocenters. The smallest absolute Gasteiger partial charge is 0.164 e. The first kappa shape index (κ1) is 39.0. The molecule has 0 aliphatic rings. The molecule has 4 aromatic carbocycles. The Labute approximate surface area is 311 Å². The van der Waals surface area contributed by atoms with Crippen molar-refractivity contribution in [3.63, 3.8) is 0 Å². The second kappa shape index (κ2) is 15.6. The Morgan fingerprint density at radius 2 is 1.52 bits per heavy atom. The molecular formula is C45H52IrNO3-. The number of allylic oxidation sites excluding steroid dienone is 2. The van der Waals surface area contributed by atoms with Gasteiger partial charge in [-0.15, -0.1) is 29.1 Å². The van der Waals surface area contributed by atoms with Gasteiger partial charge in [0, 0.05) is 59.7 Å². The van der Waals surface area contributed by atoms with Crippen LogP contribution < -0.4 is 0 Å². The molecule has 0 unspecified atom stereocenters. The van der Waals surface area contributed by atoms with E-state index in [1.165, 1.54) is 33.4 Å². The molecular weight excluding hydrogens is 795 g/mol. The van der Waals surface area contributed by atoms with Crippen LogP contribution in [-0.2, 0) is 31.3 Å². The number of benzene rings is 4. The van der Waals surface area contributed by atoms with Crippen molar-refractivity contribution in [1.82, 2.24) is 4.98 Å². The molecule has 5 heteroatoms. The van der Waals surface area contributed by atoms with Crippen LogP contribution in [0.3, 0.4) is 0 Å². The van der Waals surface area contributed by atoms with Gasteiger partial charge >= 0.3 is 0 Å².